The summed E-state index contributed by atoms with van der Waals surface area (Å²) in [6.45, 7) is 4.34. The van der Waals surface area contributed by atoms with Crippen LogP contribution in [-0.2, 0) is 0 Å². The highest BCUT2D eigenvalue weighted by Gasteiger charge is 2.18. The summed E-state index contributed by atoms with van der Waals surface area (Å²) in [5.74, 6) is 1.60. The van der Waals surface area contributed by atoms with Gasteiger partial charge in [-0.3, -0.25) is 4.79 Å². The molecule has 1 fully saturated rings. The van der Waals surface area contributed by atoms with Gasteiger partial charge in [0.2, 0.25) is 5.95 Å². The topological polar surface area (TPSA) is 46.1 Å². The molecule has 2 heterocycles. The molecule has 0 atom stereocenters. The summed E-state index contributed by atoms with van der Waals surface area (Å²) in [5.41, 5.74) is 1.56. The van der Waals surface area contributed by atoms with Gasteiger partial charge in [0.25, 0.3) is 0 Å². The Kier molecular flexibility index (Phi) is 3.15. The quantitative estimate of drug-likeness (QED) is 0.774. The zero-order valence-electron chi connectivity index (χ0n) is 11.0. The summed E-state index contributed by atoms with van der Waals surface area (Å²) in [5, 5.41) is 0.915. The fraction of sp³-hybridized carbons (Fsp3) is 0.400. The molecule has 19 heavy (non-hydrogen) atoms. The maximum absolute atomic E-state index is 10.7. The molecule has 1 aliphatic rings. The van der Waals surface area contributed by atoms with Gasteiger partial charge in [0, 0.05) is 30.2 Å². The minimum Gasteiger partial charge on any atom is -0.341 e. The molecule has 0 amide bonds. The summed E-state index contributed by atoms with van der Waals surface area (Å²) in [6.07, 6.45) is 5.05. The lowest BCUT2D eigenvalue weighted by molar-refractivity contribution is 0.112. The second kappa shape index (κ2) is 4.96. The Hall–Kier alpha value is -1.97. The van der Waals surface area contributed by atoms with E-state index in [2.05, 4.69) is 21.8 Å². The molecule has 0 radical (unpaired) electrons. The normalized spacial score (nSPS) is 16.8. The van der Waals surface area contributed by atoms with E-state index < -0.39 is 0 Å². The monoisotopic (exact) mass is 255 g/mol. The van der Waals surface area contributed by atoms with Gasteiger partial charge >= 0.3 is 0 Å². The van der Waals surface area contributed by atoms with Crippen LogP contribution < -0.4 is 4.90 Å². The van der Waals surface area contributed by atoms with Gasteiger partial charge in [-0.25, -0.2) is 9.97 Å². The fourth-order valence-corrected chi connectivity index (χ4v) is 2.48. The maximum atomic E-state index is 10.7. The number of carbonyl (C=O) groups is 1. The number of fused-ring (bicyclic) bond motifs is 1. The number of benzene rings is 1. The predicted molar refractivity (Wildman–Crippen MR) is 75.5 cm³/mol. The summed E-state index contributed by atoms with van der Waals surface area (Å²) < 4.78 is 0. The zero-order chi connectivity index (χ0) is 13.2. The first kappa shape index (κ1) is 12.1. The minimum atomic E-state index is 0.663. The highest BCUT2D eigenvalue weighted by molar-refractivity contribution is 5.86. The number of hydrogen-bond acceptors (Lipinski definition) is 4. The molecule has 1 aromatic heterocycles. The lowest BCUT2D eigenvalue weighted by Crippen LogP contribution is -2.34. The van der Waals surface area contributed by atoms with Crippen molar-refractivity contribution in [3.8, 4) is 0 Å². The third kappa shape index (κ3) is 2.43. The summed E-state index contributed by atoms with van der Waals surface area (Å²) >= 11 is 0. The first-order valence-electron chi connectivity index (χ1n) is 6.73. The first-order valence-corrected chi connectivity index (χ1v) is 6.73. The molecule has 4 heteroatoms. The van der Waals surface area contributed by atoms with E-state index in [9.17, 15) is 4.79 Å². The SMILES string of the molecule is CC1CCN(c2ncc3cc(C=O)ccc3n2)CC1. The van der Waals surface area contributed by atoms with Gasteiger partial charge in [-0.15, -0.1) is 0 Å². The number of rotatable bonds is 2. The number of hydrogen-bond donors (Lipinski definition) is 0. The molecule has 0 saturated carbocycles. The summed E-state index contributed by atoms with van der Waals surface area (Å²) in [7, 11) is 0. The Balaban J connectivity index is 1.91. The average molecular weight is 255 g/mol. The number of aromatic nitrogens is 2. The molecule has 1 aromatic carbocycles. The van der Waals surface area contributed by atoms with Gasteiger partial charge in [0.05, 0.1) is 5.52 Å². The van der Waals surface area contributed by atoms with E-state index in [1.165, 1.54) is 12.8 Å². The molecule has 2 aromatic rings. The van der Waals surface area contributed by atoms with Crippen molar-refractivity contribution in [3.63, 3.8) is 0 Å². The van der Waals surface area contributed by atoms with Crippen molar-refractivity contribution in [2.75, 3.05) is 18.0 Å². The van der Waals surface area contributed by atoms with Gasteiger partial charge in [-0.1, -0.05) is 6.92 Å². The molecule has 0 aliphatic carbocycles. The van der Waals surface area contributed by atoms with Crippen molar-refractivity contribution in [1.82, 2.24) is 9.97 Å². The van der Waals surface area contributed by atoms with Gasteiger partial charge in [0.15, 0.2) is 0 Å². The standard InChI is InChI=1S/C15H17N3O/c1-11-4-6-18(7-5-11)15-16-9-13-8-12(10-19)2-3-14(13)17-15/h2-3,8-11H,4-7H2,1H3. The smallest absolute Gasteiger partial charge is 0.225 e. The average Bonchev–Trinajstić information content (AvgIpc) is 2.47. The van der Waals surface area contributed by atoms with Crippen LogP contribution in [0, 0.1) is 5.92 Å². The van der Waals surface area contributed by atoms with Crippen molar-refractivity contribution in [2.24, 2.45) is 5.92 Å². The molecular formula is C15H17N3O. The third-order valence-corrected chi connectivity index (χ3v) is 3.79. The summed E-state index contributed by atoms with van der Waals surface area (Å²) in [6, 6.07) is 5.51. The molecule has 0 N–H and O–H groups in total. The van der Waals surface area contributed by atoms with Gasteiger partial charge in [-0.2, -0.15) is 0 Å². The second-order valence-corrected chi connectivity index (χ2v) is 5.28. The molecule has 0 bridgehead atoms. The molecule has 3 rings (SSSR count). The van der Waals surface area contributed by atoms with Gasteiger partial charge in [-0.05, 0) is 37.0 Å². The Morgan fingerprint density at radius 3 is 2.84 bits per heavy atom. The van der Waals surface area contributed by atoms with Crippen LogP contribution in [-0.4, -0.2) is 29.3 Å². The van der Waals surface area contributed by atoms with Crippen LogP contribution >= 0.6 is 0 Å². The second-order valence-electron chi connectivity index (χ2n) is 5.28. The van der Waals surface area contributed by atoms with Gasteiger partial charge < -0.3 is 4.90 Å². The van der Waals surface area contributed by atoms with Crippen LogP contribution in [0.5, 0.6) is 0 Å². The molecule has 4 nitrogen and oxygen atoms in total. The Morgan fingerprint density at radius 1 is 1.32 bits per heavy atom. The highest BCUT2D eigenvalue weighted by atomic mass is 16.1. The van der Waals surface area contributed by atoms with E-state index in [0.717, 1.165) is 42.1 Å². The van der Waals surface area contributed by atoms with E-state index in [4.69, 9.17) is 0 Å². The Labute approximate surface area is 112 Å². The van der Waals surface area contributed by atoms with Crippen LogP contribution in [0.1, 0.15) is 30.1 Å². The van der Waals surface area contributed by atoms with E-state index >= 15 is 0 Å². The fourth-order valence-electron chi connectivity index (χ4n) is 2.48. The van der Waals surface area contributed by atoms with E-state index in [0.29, 0.717) is 5.56 Å². The first-order chi connectivity index (χ1) is 9.26. The largest absolute Gasteiger partial charge is 0.341 e. The highest BCUT2D eigenvalue weighted by Crippen LogP contribution is 2.21. The van der Waals surface area contributed by atoms with Crippen molar-refractivity contribution in [2.45, 2.75) is 19.8 Å². The van der Waals surface area contributed by atoms with E-state index in [-0.39, 0.29) is 0 Å². The van der Waals surface area contributed by atoms with Crippen molar-refractivity contribution in [3.05, 3.63) is 30.0 Å². The van der Waals surface area contributed by atoms with Crippen molar-refractivity contribution >= 4 is 23.1 Å². The number of aldehydes is 1. The number of piperidine rings is 1. The Bertz CT molecular complexity index is 603. The third-order valence-electron chi connectivity index (χ3n) is 3.79. The van der Waals surface area contributed by atoms with Crippen LogP contribution in [0.15, 0.2) is 24.4 Å². The maximum Gasteiger partial charge on any atom is 0.225 e. The molecular weight excluding hydrogens is 238 g/mol. The van der Waals surface area contributed by atoms with Crippen molar-refractivity contribution in [1.29, 1.82) is 0 Å². The Morgan fingerprint density at radius 2 is 2.11 bits per heavy atom. The van der Waals surface area contributed by atoms with Crippen molar-refractivity contribution < 1.29 is 4.79 Å². The molecule has 0 spiro atoms. The lowest BCUT2D eigenvalue weighted by Gasteiger charge is -2.30. The molecule has 98 valence electrons. The molecule has 1 saturated heterocycles. The predicted octanol–water partition coefficient (Wildman–Crippen LogP) is 2.68. The minimum absolute atomic E-state index is 0.663. The van der Waals surface area contributed by atoms with Crippen LogP contribution in [0.2, 0.25) is 0 Å². The van der Waals surface area contributed by atoms with Gasteiger partial charge in [0.1, 0.15) is 6.29 Å². The van der Waals surface area contributed by atoms with Crippen LogP contribution in [0.25, 0.3) is 10.9 Å². The van der Waals surface area contributed by atoms with Crippen LogP contribution in [0.3, 0.4) is 0 Å². The number of anilines is 1. The van der Waals surface area contributed by atoms with E-state index in [1.807, 2.05) is 18.3 Å². The zero-order valence-corrected chi connectivity index (χ0v) is 11.0. The lowest BCUT2D eigenvalue weighted by atomic mass is 10.00. The van der Waals surface area contributed by atoms with Crippen LogP contribution in [0.4, 0.5) is 5.95 Å². The molecule has 1 aliphatic heterocycles. The number of carbonyl (C=O) groups excluding carboxylic acids is 1. The van der Waals surface area contributed by atoms with E-state index in [1.54, 1.807) is 6.07 Å². The number of nitrogens with zero attached hydrogens (tertiary/aromatic N) is 3. The summed E-state index contributed by atoms with van der Waals surface area (Å²) in [4.78, 5) is 22.0. The molecule has 0 unspecified atom stereocenters.